The summed E-state index contributed by atoms with van der Waals surface area (Å²) in [6, 6.07) is 9.67. The highest BCUT2D eigenvalue weighted by atomic mass is 16.5. The van der Waals surface area contributed by atoms with E-state index >= 15 is 0 Å². The zero-order chi connectivity index (χ0) is 20.6. The molecule has 0 saturated carbocycles. The van der Waals surface area contributed by atoms with Crippen LogP contribution in [0.5, 0.6) is 11.5 Å². The van der Waals surface area contributed by atoms with Gasteiger partial charge in [0.25, 0.3) is 0 Å². The van der Waals surface area contributed by atoms with Crippen molar-refractivity contribution in [2.24, 2.45) is 0 Å². The SMILES string of the molecule is COc1ccc([C@@]23CCC(c4ncccc4C(=O)O)=C[C@@H]2N(C)CC3)cc1OC. The van der Waals surface area contributed by atoms with E-state index in [4.69, 9.17) is 9.47 Å². The maximum absolute atomic E-state index is 11.7. The van der Waals surface area contributed by atoms with Crippen LogP contribution < -0.4 is 9.47 Å². The Balaban J connectivity index is 1.78. The Morgan fingerprint density at radius 2 is 2.00 bits per heavy atom. The molecule has 1 N–H and O–H groups in total. The minimum absolute atomic E-state index is 0.0318. The average Bonchev–Trinajstić information content (AvgIpc) is 3.10. The van der Waals surface area contributed by atoms with E-state index in [1.807, 2.05) is 6.07 Å². The van der Waals surface area contributed by atoms with Gasteiger partial charge < -0.3 is 14.6 Å². The lowest BCUT2D eigenvalue weighted by Gasteiger charge is -2.40. The van der Waals surface area contributed by atoms with E-state index in [9.17, 15) is 9.90 Å². The summed E-state index contributed by atoms with van der Waals surface area (Å²) in [7, 11) is 5.43. The summed E-state index contributed by atoms with van der Waals surface area (Å²) in [5.41, 5.74) is 3.06. The number of carbonyl (C=O) groups is 1. The third-order valence-electron chi connectivity index (χ3n) is 6.45. The summed E-state index contributed by atoms with van der Waals surface area (Å²) >= 11 is 0. The maximum atomic E-state index is 11.7. The number of methoxy groups -OCH3 is 2. The van der Waals surface area contributed by atoms with Crippen molar-refractivity contribution in [3.63, 3.8) is 0 Å². The van der Waals surface area contributed by atoms with Gasteiger partial charge in [-0.3, -0.25) is 9.88 Å². The first-order valence-corrected chi connectivity index (χ1v) is 9.82. The smallest absolute Gasteiger partial charge is 0.337 e. The number of aromatic nitrogens is 1. The van der Waals surface area contributed by atoms with Crippen LogP contribution in [-0.2, 0) is 5.41 Å². The number of carboxylic acids is 1. The minimum Gasteiger partial charge on any atom is -0.493 e. The second kappa shape index (κ2) is 7.52. The normalized spacial score (nSPS) is 24.0. The highest BCUT2D eigenvalue weighted by molar-refractivity contribution is 5.93. The number of likely N-dealkylation sites (tertiary alicyclic amines) is 1. The molecule has 1 aliphatic heterocycles. The molecule has 0 radical (unpaired) electrons. The number of allylic oxidation sites excluding steroid dienone is 1. The molecule has 2 aliphatic rings. The van der Waals surface area contributed by atoms with Crippen molar-refractivity contribution in [3.05, 3.63) is 59.4 Å². The number of benzene rings is 1. The quantitative estimate of drug-likeness (QED) is 0.835. The van der Waals surface area contributed by atoms with Crippen molar-refractivity contribution in [3.8, 4) is 11.5 Å². The van der Waals surface area contributed by atoms with Crippen LogP contribution in [0.1, 0.15) is 40.9 Å². The van der Waals surface area contributed by atoms with Crippen LogP contribution in [0.15, 0.2) is 42.6 Å². The number of ether oxygens (including phenoxy) is 2. The van der Waals surface area contributed by atoms with Crippen LogP contribution in [0.25, 0.3) is 5.57 Å². The van der Waals surface area contributed by atoms with Gasteiger partial charge in [0, 0.05) is 17.7 Å². The van der Waals surface area contributed by atoms with Gasteiger partial charge >= 0.3 is 5.97 Å². The molecule has 1 aromatic heterocycles. The molecule has 2 heterocycles. The second-order valence-electron chi connectivity index (χ2n) is 7.80. The molecule has 2 atom stereocenters. The van der Waals surface area contributed by atoms with Crippen molar-refractivity contribution in [2.45, 2.75) is 30.7 Å². The first-order valence-electron chi connectivity index (χ1n) is 9.82. The molecule has 29 heavy (non-hydrogen) atoms. The molecule has 0 bridgehead atoms. The first kappa shape index (κ1) is 19.5. The zero-order valence-corrected chi connectivity index (χ0v) is 17.0. The van der Waals surface area contributed by atoms with Crippen LogP contribution in [0.3, 0.4) is 0 Å². The Morgan fingerprint density at radius 1 is 1.21 bits per heavy atom. The summed E-state index contributed by atoms with van der Waals surface area (Å²) in [5, 5.41) is 9.57. The predicted octanol–water partition coefficient (Wildman–Crippen LogP) is 3.62. The molecule has 2 aromatic rings. The molecular weight excluding hydrogens is 368 g/mol. The highest BCUT2D eigenvalue weighted by Gasteiger charge is 2.48. The Hall–Kier alpha value is -2.86. The third-order valence-corrected chi connectivity index (χ3v) is 6.45. The maximum Gasteiger partial charge on any atom is 0.337 e. The van der Waals surface area contributed by atoms with Gasteiger partial charge in [0.1, 0.15) is 0 Å². The Kier molecular flexibility index (Phi) is 5.04. The van der Waals surface area contributed by atoms with Crippen LogP contribution in [0.2, 0.25) is 0 Å². The molecule has 0 unspecified atom stereocenters. The summed E-state index contributed by atoms with van der Waals surface area (Å²) in [6.45, 7) is 0.983. The summed E-state index contributed by atoms with van der Waals surface area (Å²) in [5.74, 6) is 0.521. The fraction of sp³-hybridized carbons (Fsp3) is 0.391. The fourth-order valence-electron chi connectivity index (χ4n) is 4.91. The van der Waals surface area contributed by atoms with E-state index in [2.05, 4.69) is 35.1 Å². The number of aromatic carboxylic acids is 1. The van der Waals surface area contributed by atoms with Crippen molar-refractivity contribution < 1.29 is 19.4 Å². The molecular formula is C23H26N2O4. The third kappa shape index (κ3) is 3.17. The lowest BCUT2D eigenvalue weighted by molar-refractivity contribution is 0.0696. The van der Waals surface area contributed by atoms with Gasteiger partial charge in [-0.2, -0.15) is 0 Å². The van der Waals surface area contributed by atoms with E-state index in [-0.39, 0.29) is 17.0 Å². The molecule has 6 nitrogen and oxygen atoms in total. The standard InChI is InChI=1S/C23H26N2O4/c1-25-12-10-23(16-6-7-18(28-2)19(14-16)29-3)9-8-15(13-20(23)25)21-17(22(26)27)5-4-11-24-21/h4-7,11,13-14,20H,8-10,12H2,1-3H3,(H,26,27)/t20-,23-/m0/s1. The van der Waals surface area contributed by atoms with Crippen LogP contribution in [-0.4, -0.2) is 54.8 Å². The number of rotatable bonds is 5. The van der Waals surface area contributed by atoms with Gasteiger partial charge in [-0.1, -0.05) is 12.1 Å². The minimum atomic E-state index is -0.939. The number of nitrogens with zero attached hydrogens (tertiary/aromatic N) is 2. The summed E-state index contributed by atoms with van der Waals surface area (Å²) < 4.78 is 11.0. The lowest BCUT2D eigenvalue weighted by Crippen LogP contribution is -2.42. The van der Waals surface area contributed by atoms with Gasteiger partial charge in [-0.05, 0) is 68.3 Å². The fourth-order valence-corrected chi connectivity index (χ4v) is 4.91. The van der Waals surface area contributed by atoms with Crippen LogP contribution >= 0.6 is 0 Å². The molecule has 1 aromatic carbocycles. The largest absolute Gasteiger partial charge is 0.493 e. The molecule has 0 spiro atoms. The predicted molar refractivity (Wildman–Crippen MR) is 111 cm³/mol. The van der Waals surface area contributed by atoms with E-state index in [0.717, 1.165) is 42.9 Å². The molecule has 4 rings (SSSR count). The zero-order valence-electron chi connectivity index (χ0n) is 17.0. The van der Waals surface area contributed by atoms with Crippen molar-refractivity contribution in [1.29, 1.82) is 0 Å². The van der Waals surface area contributed by atoms with Crippen molar-refractivity contribution >= 4 is 11.5 Å². The molecule has 1 aliphatic carbocycles. The lowest BCUT2D eigenvalue weighted by atomic mass is 9.66. The number of carboxylic acid groups (broad SMARTS) is 1. The van der Waals surface area contributed by atoms with E-state index < -0.39 is 5.97 Å². The Bertz CT molecular complexity index is 971. The molecule has 152 valence electrons. The molecule has 1 fully saturated rings. The van der Waals surface area contributed by atoms with Gasteiger partial charge in [-0.15, -0.1) is 0 Å². The van der Waals surface area contributed by atoms with E-state index in [0.29, 0.717) is 5.69 Å². The van der Waals surface area contributed by atoms with Gasteiger partial charge in [0.2, 0.25) is 0 Å². The van der Waals surface area contributed by atoms with Crippen molar-refractivity contribution in [2.75, 3.05) is 27.8 Å². The van der Waals surface area contributed by atoms with Crippen LogP contribution in [0, 0.1) is 0 Å². The topological polar surface area (TPSA) is 71.9 Å². The Labute approximate surface area is 170 Å². The monoisotopic (exact) mass is 394 g/mol. The summed E-state index contributed by atoms with van der Waals surface area (Å²) in [6.07, 6.45) is 6.65. The second-order valence-corrected chi connectivity index (χ2v) is 7.80. The number of hydrogen-bond acceptors (Lipinski definition) is 5. The Morgan fingerprint density at radius 3 is 2.72 bits per heavy atom. The highest BCUT2D eigenvalue weighted by Crippen LogP contribution is 2.50. The van der Waals surface area contributed by atoms with Crippen molar-refractivity contribution in [1.82, 2.24) is 9.88 Å². The molecule has 1 saturated heterocycles. The number of hydrogen-bond donors (Lipinski definition) is 1. The van der Waals surface area contributed by atoms with Gasteiger partial charge in [0.15, 0.2) is 11.5 Å². The van der Waals surface area contributed by atoms with Crippen LogP contribution in [0.4, 0.5) is 0 Å². The molecule has 0 amide bonds. The van der Waals surface area contributed by atoms with Gasteiger partial charge in [0.05, 0.1) is 25.5 Å². The van der Waals surface area contributed by atoms with E-state index in [1.54, 1.807) is 32.5 Å². The molecule has 6 heteroatoms. The first-order chi connectivity index (χ1) is 14.0. The number of likely N-dealkylation sites (N-methyl/N-ethyl adjacent to an activating group) is 1. The van der Waals surface area contributed by atoms with E-state index in [1.165, 1.54) is 5.56 Å². The number of fused-ring (bicyclic) bond motifs is 1. The van der Waals surface area contributed by atoms with Gasteiger partial charge in [-0.25, -0.2) is 4.79 Å². The number of pyridine rings is 1. The average molecular weight is 394 g/mol. The summed E-state index contributed by atoms with van der Waals surface area (Å²) in [4.78, 5) is 18.4.